The number of aliphatic hydroxyl groups is 1. The zero-order valence-electron chi connectivity index (χ0n) is 15.1. The van der Waals surface area contributed by atoms with Crippen LogP contribution in [-0.2, 0) is 16.0 Å². The first-order valence-electron chi connectivity index (χ1n) is 8.77. The molecule has 1 aliphatic heterocycles. The average Bonchev–Trinajstić information content (AvgIpc) is 3.00. The molecule has 7 heteroatoms. The second kappa shape index (κ2) is 10.4. The Labute approximate surface area is 158 Å². The summed E-state index contributed by atoms with van der Waals surface area (Å²) in [7, 11) is 0. The van der Waals surface area contributed by atoms with E-state index in [1.807, 2.05) is 35.4 Å². The summed E-state index contributed by atoms with van der Waals surface area (Å²) >= 11 is 0. The van der Waals surface area contributed by atoms with Crippen molar-refractivity contribution in [1.29, 1.82) is 0 Å². The number of β-amino-alcohol motifs (C(OH)–C–C–N with tert-alkyl or cyclic N) is 1. The maximum atomic E-state index is 11.8. The van der Waals surface area contributed by atoms with Crippen molar-refractivity contribution in [1.82, 2.24) is 15.2 Å². The largest absolute Gasteiger partial charge is 0.483 e. The number of hydrogen-bond donors (Lipinski definition) is 3. The molecule has 0 spiro atoms. The molecule has 1 aliphatic rings. The van der Waals surface area contributed by atoms with Gasteiger partial charge >= 0.3 is 0 Å². The number of aromatic nitrogens is 1. The van der Waals surface area contributed by atoms with Crippen LogP contribution in [0.25, 0.3) is 10.9 Å². The zero-order chi connectivity index (χ0) is 19.6. The van der Waals surface area contributed by atoms with Crippen LogP contribution in [-0.4, -0.2) is 64.8 Å². The van der Waals surface area contributed by atoms with Crippen LogP contribution in [0.4, 0.5) is 0 Å². The molecule has 0 bridgehead atoms. The third kappa shape index (κ3) is 5.87. The van der Waals surface area contributed by atoms with Gasteiger partial charge in [0.25, 0.3) is 6.47 Å². The highest BCUT2D eigenvalue weighted by Crippen LogP contribution is 2.25. The molecule has 3 N–H and O–H groups in total. The Morgan fingerprint density at radius 2 is 2.07 bits per heavy atom. The van der Waals surface area contributed by atoms with Gasteiger partial charge in [-0.05, 0) is 24.1 Å². The number of para-hydroxylation sites is 1. The minimum atomic E-state index is -0.413. The lowest BCUT2D eigenvalue weighted by atomic mass is 9.94. The first kappa shape index (κ1) is 20.5. The molecule has 144 valence electrons. The molecule has 0 unspecified atom stereocenters. The highest BCUT2D eigenvalue weighted by molar-refractivity contribution is 5.81. The Morgan fingerprint density at radius 3 is 2.81 bits per heavy atom. The smallest absolute Gasteiger partial charge is 0.290 e. The van der Waals surface area contributed by atoms with E-state index in [2.05, 4.69) is 22.9 Å². The van der Waals surface area contributed by atoms with Gasteiger partial charge in [0.15, 0.2) is 0 Å². The number of benzene rings is 1. The van der Waals surface area contributed by atoms with E-state index in [0.29, 0.717) is 19.6 Å². The van der Waals surface area contributed by atoms with Crippen molar-refractivity contribution >= 4 is 23.3 Å². The second-order valence-corrected chi connectivity index (χ2v) is 6.41. The molecule has 2 heterocycles. The van der Waals surface area contributed by atoms with E-state index in [1.165, 1.54) is 5.56 Å². The number of rotatable bonds is 6. The normalized spacial score (nSPS) is 19.1. The Hall–Kier alpha value is -2.77. The summed E-state index contributed by atoms with van der Waals surface area (Å²) in [6.45, 7) is 5.39. The van der Waals surface area contributed by atoms with Gasteiger partial charge in [0.05, 0.1) is 18.2 Å². The van der Waals surface area contributed by atoms with Crippen LogP contribution in [0, 0.1) is 5.92 Å². The molecule has 0 aliphatic carbocycles. The molecule has 1 aromatic carbocycles. The van der Waals surface area contributed by atoms with Crippen LogP contribution in [0.1, 0.15) is 5.56 Å². The predicted molar refractivity (Wildman–Crippen MR) is 103 cm³/mol. The summed E-state index contributed by atoms with van der Waals surface area (Å²) in [5, 5.41) is 21.2. The number of hydrogen-bond acceptors (Lipinski definition) is 5. The monoisotopic (exact) mass is 371 g/mol. The first-order chi connectivity index (χ1) is 13.1. The van der Waals surface area contributed by atoms with Gasteiger partial charge in [-0.25, -0.2) is 0 Å². The van der Waals surface area contributed by atoms with Crippen molar-refractivity contribution in [2.75, 3.05) is 26.2 Å². The summed E-state index contributed by atoms with van der Waals surface area (Å²) in [5.74, 6) is 0.0973. The van der Waals surface area contributed by atoms with E-state index in [9.17, 15) is 9.90 Å². The number of carbonyl (C=O) groups excluding carboxylic acids is 1. The molecule has 0 radical (unpaired) electrons. The van der Waals surface area contributed by atoms with Gasteiger partial charge in [-0.15, -0.1) is 6.58 Å². The summed E-state index contributed by atoms with van der Waals surface area (Å²) < 4.78 is 0. The van der Waals surface area contributed by atoms with Crippen LogP contribution in [0.2, 0.25) is 0 Å². The highest BCUT2D eigenvalue weighted by Gasteiger charge is 2.32. The molecule has 2 atom stereocenters. The van der Waals surface area contributed by atoms with E-state index in [0.717, 1.165) is 23.9 Å². The minimum absolute atomic E-state index is 0.0305. The van der Waals surface area contributed by atoms with Gasteiger partial charge in [-0.3, -0.25) is 19.5 Å². The number of nitrogens with one attached hydrogen (secondary N) is 1. The second-order valence-electron chi connectivity index (χ2n) is 6.41. The van der Waals surface area contributed by atoms with E-state index in [4.69, 9.17) is 9.90 Å². The van der Waals surface area contributed by atoms with Crippen LogP contribution >= 0.6 is 0 Å². The van der Waals surface area contributed by atoms with E-state index in [1.54, 1.807) is 6.08 Å². The number of carboxylic acid groups (broad SMARTS) is 1. The van der Waals surface area contributed by atoms with E-state index >= 15 is 0 Å². The van der Waals surface area contributed by atoms with Crippen LogP contribution in [0.3, 0.4) is 0 Å². The fraction of sp³-hybridized carbons (Fsp3) is 0.350. The molecule has 27 heavy (non-hydrogen) atoms. The molecule has 1 aromatic heterocycles. The van der Waals surface area contributed by atoms with Crippen molar-refractivity contribution in [2.24, 2.45) is 5.92 Å². The van der Waals surface area contributed by atoms with Gasteiger partial charge in [0.1, 0.15) is 0 Å². The number of nitrogens with zero attached hydrogens (tertiary/aromatic N) is 2. The third-order valence-electron chi connectivity index (χ3n) is 4.51. The standard InChI is InChI=1S/C19H23N3O2.CH2O2/c1-2-8-21-19(24)13-22-11-15(18(23)12-22)10-14-7-9-20-17-6-4-3-5-16(14)17;2-1-3/h2-7,9,15,18,23H,1,8,10-13H2,(H,21,24);1H,(H,2,3)/t15-,18+;/m1./s1. The summed E-state index contributed by atoms with van der Waals surface area (Å²) in [6.07, 6.45) is 3.85. The number of carbonyl (C=O) groups is 2. The molecule has 3 rings (SSSR count). The molecule has 1 fully saturated rings. The van der Waals surface area contributed by atoms with Crippen LogP contribution < -0.4 is 5.32 Å². The SMILES string of the molecule is C=CCNC(=O)CN1C[C@@H](Cc2ccnc3ccccc23)[C@@H](O)C1.O=CO. The summed E-state index contributed by atoms with van der Waals surface area (Å²) in [6, 6.07) is 10.1. The van der Waals surface area contributed by atoms with Crippen molar-refractivity contribution < 1.29 is 19.8 Å². The number of pyridine rings is 1. The first-order valence-corrected chi connectivity index (χ1v) is 8.77. The molecule has 1 saturated heterocycles. The van der Waals surface area contributed by atoms with Gasteiger partial charge in [0.2, 0.25) is 5.91 Å². The number of likely N-dealkylation sites (tertiary alicyclic amines) is 1. The van der Waals surface area contributed by atoms with E-state index < -0.39 is 6.10 Å². The average molecular weight is 371 g/mol. The number of amides is 1. The van der Waals surface area contributed by atoms with Gasteiger partial charge in [-0.1, -0.05) is 24.3 Å². The number of aliphatic hydroxyl groups excluding tert-OH is 1. The molecule has 7 nitrogen and oxygen atoms in total. The van der Waals surface area contributed by atoms with Crippen molar-refractivity contribution in [3.8, 4) is 0 Å². The van der Waals surface area contributed by atoms with Crippen molar-refractivity contribution in [3.05, 3.63) is 54.7 Å². The highest BCUT2D eigenvalue weighted by atomic mass is 16.3. The van der Waals surface area contributed by atoms with Gasteiger partial charge in [-0.2, -0.15) is 0 Å². The Morgan fingerprint density at radius 1 is 1.33 bits per heavy atom. The Kier molecular flexibility index (Phi) is 7.91. The van der Waals surface area contributed by atoms with Crippen LogP contribution in [0.5, 0.6) is 0 Å². The predicted octanol–water partition coefficient (Wildman–Crippen LogP) is 1.07. The van der Waals surface area contributed by atoms with Crippen molar-refractivity contribution in [2.45, 2.75) is 12.5 Å². The minimum Gasteiger partial charge on any atom is -0.483 e. The molecular weight excluding hydrogens is 346 g/mol. The lowest BCUT2D eigenvalue weighted by Gasteiger charge is -2.16. The van der Waals surface area contributed by atoms with E-state index in [-0.39, 0.29) is 18.3 Å². The van der Waals surface area contributed by atoms with Gasteiger partial charge < -0.3 is 15.5 Å². The maximum Gasteiger partial charge on any atom is 0.290 e. The lowest BCUT2D eigenvalue weighted by molar-refractivity contribution is -0.123. The van der Waals surface area contributed by atoms with Crippen molar-refractivity contribution in [3.63, 3.8) is 0 Å². The molecule has 0 saturated carbocycles. The quantitative estimate of drug-likeness (QED) is 0.519. The topological polar surface area (TPSA) is 103 Å². The summed E-state index contributed by atoms with van der Waals surface area (Å²) in [4.78, 5) is 26.6. The Bertz CT molecular complexity index is 775. The molecular formula is C20H25N3O4. The van der Waals surface area contributed by atoms with Crippen LogP contribution in [0.15, 0.2) is 49.2 Å². The third-order valence-corrected chi connectivity index (χ3v) is 4.51. The maximum absolute atomic E-state index is 11.8. The van der Waals surface area contributed by atoms with Gasteiger partial charge in [0, 0.05) is 37.1 Å². The summed E-state index contributed by atoms with van der Waals surface area (Å²) in [5.41, 5.74) is 2.17. The molecule has 2 aromatic rings. The lowest BCUT2D eigenvalue weighted by Crippen LogP contribution is -2.36. The fourth-order valence-electron chi connectivity index (χ4n) is 3.33. The Balaban J connectivity index is 0.000000817. The zero-order valence-corrected chi connectivity index (χ0v) is 15.1. The fourth-order valence-corrected chi connectivity index (χ4v) is 3.33. The molecule has 1 amide bonds. The number of fused-ring (bicyclic) bond motifs is 1.